The molecule has 0 saturated heterocycles. The van der Waals surface area contributed by atoms with E-state index in [9.17, 15) is 8.42 Å². The van der Waals surface area contributed by atoms with Crippen LogP contribution in [0.2, 0.25) is 5.02 Å². The van der Waals surface area contributed by atoms with E-state index in [0.29, 0.717) is 9.50 Å². The lowest BCUT2D eigenvalue weighted by atomic mass is 10.4. The number of nitrogens with two attached hydrogens (primary N) is 1. The van der Waals surface area contributed by atoms with E-state index in [-0.39, 0.29) is 18.0 Å². The van der Waals surface area contributed by atoms with Crippen LogP contribution in [-0.4, -0.2) is 21.5 Å². The highest BCUT2D eigenvalue weighted by atomic mass is 79.9. The molecule has 1 aromatic carbocycles. The Morgan fingerprint density at radius 1 is 1.47 bits per heavy atom. The number of halogens is 2. The predicted octanol–water partition coefficient (Wildman–Crippen LogP) is 1.34. The SMILES string of the molecule is NCCNS(=O)(=O)c1cccc(Cl)c1Br. The molecule has 0 heterocycles. The summed E-state index contributed by atoms with van der Waals surface area (Å²) in [5, 5.41) is 0.352. The number of benzene rings is 1. The quantitative estimate of drug-likeness (QED) is 0.881. The topological polar surface area (TPSA) is 72.2 Å². The summed E-state index contributed by atoms with van der Waals surface area (Å²) in [5.41, 5.74) is 5.22. The van der Waals surface area contributed by atoms with Crippen molar-refractivity contribution in [2.45, 2.75) is 4.90 Å². The Morgan fingerprint density at radius 3 is 2.73 bits per heavy atom. The number of rotatable bonds is 4. The first-order valence-corrected chi connectivity index (χ1v) is 6.78. The van der Waals surface area contributed by atoms with E-state index in [2.05, 4.69) is 20.7 Å². The molecule has 0 atom stereocenters. The second-order valence-electron chi connectivity index (χ2n) is 2.74. The van der Waals surface area contributed by atoms with Gasteiger partial charge in [-0.3, -0.25) is 0 Å². The molecule has 0 aliphatic carbocycles. The molecule has 84 valence electrons. The predicted molar refractivity (Wildman–Crippen MR) is 63.4 cm³/mol. The van der Waals surface area contributed by atoms with Gasteiger partial charge in [-0.15, -0.1) is 0 Å². The van der Waals surface area contributed by atoms with E-state index in [1.807, 2.05) is 0 Å². The van der Waals surface area contributed by atoms with Gasteiger partial charge in [-0.05, 0) is 28.1 Å². The van der Waals surface area contributed by atoms with Crippen molar-refractivity contribution in [3.63, 3.8) is 0 Å². The minimum absolute atomic E-state index is 0.114. The molecule has 3 N–H and O–H groups in total. The molecule has 0 aliphatic rings. The molecule has 0 aromatic heterocycles. The number of hydrogen-bond donors (Lipinski definition) is 2. The maximum atomic E-state index is 11.7. The van der Waals surface area contributed by atoms with E-state index in [4.69, 9.17) is 17.3 Å². The van der Waals surface area contributed by atoms with E-state index >= 15 is 0 Å². The van der Waals surface area contributed by atoms with Crippen LogP contribution >= 0.6 is 27.5 Å². The average molecular weight is 314 g/mol. The average Bonchev–Trinajstić information content (AvgIpc) is 2.19. The molecule has 0 radical (unpaired) electrons. The lowest BCUT2D eigenvalue weighted by Gasteiger charge is -2.08. The third-order valence-corrected chi connectivity index (χ3v) is 4.81. The summed E-state index contributed by atoms with van der Waals surface area (Å²) in [7, 11) is -3.54. The van der Waals surface area contributed by atoms with Gasteiger partial charge in [0.05, 0.1) is 14.4 Å². The summed E-state index contributed by atoms with van der Waals surface area (Å²) < 4.78 is 26.1. The van der Waals surface area contributed by atoms with Crippen LogP contribution in [0, 0.1) is 0 Å². The van der Waals surface area contributed by atoms with E-state index in [1.165, 1.54) is 6.07 Å². The lowest BCUT2D eigenvalue weighted by molar-refractivity contribution is 0.581. The zero-order valence-electron chi connectivity index (χ0n) is 7.70. The molecule has 0 unspecified atom stereocenters. The first kappa shape index (κ1) is 12.9. The standard InChI is InChI=1S/C8H10BrClN2O2S/c9-8-6(10)2-1-3-7(8)15(13,14)12-5-4-11/h1-3,12H,4-5,11H2. The van der Waals surface area contributed by atoms with Gasteiger partial charge in [0.2, 0.25) is 10.0 Å². The maximum Gasteiger partial charge on any atom is 0.241 e. The van der Waals surface area contributed by atoms with Crippen molar-refractivity contribution in [3.8, 4) is 0 Å². The van der Waals surface area contributed by atoms with Crippen LogP contribution in [0.1, 0.15) is 0 Å². The van der Waals surface area contributed by atoms with E-state index in [0.717, 1.165) is 0 Å². The highest BCUT2D eigenvalue weighted by molar-refractivity contribution is 9.10. The third-order valence-electron chi connectivity index (χ3n) is 1.64. The molecule has 1 aromatic rings. The van der Waals surface area contributed by atoms with Gasteiger partial charge in [-0.25, -0.2) is 13.1 Å². The minimum Gasteiger partial charge on any atom is -0.329 e. The number of hydrogen-bond acceptors (Lipinski definition) is 3. The van der Waals surface area contributed by atoms with Crippen molar-refractivity contribution in [2.75, 3.05) is 13.1 Å². The smallest absolute Gasteiger partial charge is 0.241 e. The molecule has 4 nitrogen and oxygen atoms in total. The van der Waals surface area contributed by atoms with Crippen molar-refractivity contribution < 1.29 is 8.42 Å². The monoisotopic (exact) mass is 312 g/mol. The fourth-order valence-corrected chi connectivity index (χ4v) is 3.24. The van der Waals surface area contributed by atoms with Gasteiger partial charge >= 0.3 is 0 Å². The Kier molecular flexibility index (Phi) is 4.54. The number of sulfonamides is 1. The van der Waals surface area contributed by atoms with Crippen LogP contribution in [0.25, 0.3) is 0 Å². The fraction of sp³-hybridized carbons (Fsp3) is 0.250. The third kappa shape index (κ3) is 3.15. The van der Waals surface area contributed by atoms with Crippen molar-refractivity contribution >= 4 is 37.6 Å². The van der Waals surface area contributed by atoms with Crippen LogP contribution in [0.3, 0.4) is 0 Å². The van der Waals surface area contributed by atoms with Crippen molar-refractivity contribution in [1.82, 2.24) is 4.72 Å². The Bertz CT molecular complexity index is 450. The van der Waals surface area contributed by atoms with E-state index < -0.39 is 10.0 Å². The summed E-state index contributed by atoms with van der Waals surface area (Å²) in [6, 6.07) is 4.65. The molecule has 15 heavy (non-hydrogen) atoms. The second kappa shape index (κ2) is 5.27. The lowest BCUT2D eigenvalue weighted by Crippen LogP contribution is -2.29. The first-order valence-electron chi connectivity index (χ1n) is 4.13. The van der Waals surface area contributed by atoms with E-state index in [1.54, 1.807) is 12.1 Å². The van der Waals surface area contributed by atoms with Crippen LogP contribution in [0.15, 0.2) is 27.6 Å². The zero-order chi connectivity index (χ0) is 11.5. The largest absolute Gasteiger partial charge is 0.329 e. The maximum absolute atomic E-state index is 11.7. The molecular formula is C8H10BrClN2O2S. The van der Waals surface area contributed by atoms with Crippen molar-refractivity contribution in [1.29, 1.82) is 0 Å². The van der Waals surface area contributed by atoms with Gasteiger partial charge in [-0.1, -0.05) is 17.7 Å². The van der Waals surface area contributed by atoms with Gasteiger partial charge in [0.25, 0.3) is 0 Å². The molecule has 0 bridgehead atoms. The van der Waals surface area contributed by atoms with Crippen molar-refractivity contribution in [3.05, 3.63) is 27.7 Å². The molecule has 7 heteroatoms. The van der Waals surface area contributed by atoms with Gasteiger partial charge in [-0.2, -0.15) is 0 Å². The Morgan fingerprint density at radius 2 is 2.13 bits per heavy atom. The highest BCUT2D eigenvalue weighted by Gasteiger charge is 2.17. The molecular weight excluding hydrogens is 304 g/mol. The Hall–Kier alpha value is -0.140. The van der Waals surface area contributed by atoms with Crippen LogP contribution in [0.4, 0.5) is 0 Å². The highest BCUT2D eigenvalue weighted by Crippen LogP contribution is 2.28. The number of nitrogens with one attached hydrogen (secondary N) is 1. The molecule has 0 spiro atoms. The summed E-state index contributed by atoms with van der Waals surface area (Å²) in [6.45, 7) is 0.443. The fourth-order valence-electron chi connectivity index (χ4n) is 0.963. The molecule has 0 fully saturated rings. The summed E-state index contributed by atoms with van der Waals surface area (Å²) >= 11 is 8.92. The van der Waals surface area contributed by atoms with Gasteiger partial charge in [0.15, 0.2) is 0 Å². The first-order chi connectivity index (χ1) is 6.99. The van der Waals surface area contributed by atoms with Gasteiger partial charge < -0.3 is 5.73 Å². The molecule has 0 aliphatic heterocycles. The van der Waals surface area contributed by atoms with Crippen LogP contribution in [0.5, 0.6) is 0 Å². The van der Waals surface area contributed by atoms with Gasteiger partial charge in [0, 0.05) is 13.1 Å². The summed E-state index contributed by atoms with van der Waals surface area (Å²) in [5.74, 6) is 0. The molecule has 0 amide bonds. The summed E-state index contributed by atoms with van der Waals surface area (Å²) in [4.78, 5) is 0.114. The second-order valence-corrected chi connectivity index (χ2v) is 5.67. The van der Waals surface area contributed by atoms with Crippen molar-refractivity contribution in [2.24, 2.45) is 5.73 Å². The summed E-state index contributed by atoms with van der Waals surface area (Å²) in [6.07, 6.45) is 0. The molecule has 1 rings (SSSR count). The normalized spacial score (nSPS) is 11.7. The van der Waals surface area contributed by atoms with Gasteiger partial charge in [0.1, 0.15) is 0 Å². The van der Waals surface area contributed by atoms with Crippen LogP contribution in [-0.2, 0) is 10.0 Å². The zero-order valence-corrected chi connectivity index (χ0v) is 10.9. The van der Waals surface area contributed by atoms with Crippen LogP contribution < -0.4 is 10.5 Å². The Balaban J connectivity index is 3.10. The Labute approximate surface area is 102 Å². The minimum atomic E-state index is -3.54. The molecule has 0 saturated carbocycles.